The van der Waals surface area contributed by atoms with Crippen LogP contribution in [0.5, 0.6) is 0 Å². The second-order valence-electron chi connectivity index (χ2n) is 4.85. The van der Waals surface area contributed by atoms with Gasteiger partial charge in [-0.15, -0.1) is 9.24 Å². The minimum Gasteiger partial charge on any atom is -0.396 e. The van der Waals surface area contributed by atoms with E-state index in [9.17, 15) is 0 Å². The van der Waals surface area contributed by atoms with Gasteiger partial charge in [-0.25, -0.2) is 4.98 Å². The molecule has 0 aliphatic heterocycles. The van der Waals surface area contributed by atoms with Gasteiger partial charge in [0, 0.05) is 18.0 Å². The summed E-state index contributed by atoms with van der Waals surface area (Å²) in [6.07, 6.45) is 2.72. The third-order valence-electron chi connectivity index (χ3n) is 3.19. The molecule has 2 unspecified atom stereocenters. The summed E-state index contributed by atoms with van der Waals surface area (Å²) in [5.74, 6) is 0.999. The van der Waals surface area contributed by atoms with Crippen molar-refractivity contribution >= 4 is 37.2 Å². The lowest BCUT2D eigenvalue weighted by Gasteiger charge is -2.19. The molecule has 0 radical (unpaired) electrons. The second kappa shape index (κ2) is 6.82. The zero-order valence-corrected chi connectivity index (χ0v) is 12.8. The predicted molar refractivity (Wildman–Crippen MR) is 87.3 cm³/mol. The Labute approximate surface area is 121 Å². The summed E-state index contributed by atoms with van der Waals surface area (Å²) in [5, 5.41) is 14.6. The molecule has 0 spiro atoms. The van der Waals surface area contributed by atoms with E-state index in [1.54, 1.807) is 0 Å². The van der Waals surface area contributed by atoms with Crippen LogP contribution in [0.2, 0.25) is 0 Å². The maximum absolute atomic E-state index is 9.15. The fraction of sp³-hybridized carbons (Fsp3) is 0.429. The number of aliphatic hydroxyl groups is 1. The van der Waals surface area contributed by atoms with E-state index in [1.165, 1.54) is 0 Å². The van der Waals surface area contributed by atoms with Crippen LogP contribution < -0.4 is 16.4 Å². The molecule has 1 aromatic heterocycles. The van der Waals surface area contributed by atoms with Crippen molar-refractivity contribution in [1.82, 2.24) is 9.97 Å². The highest BCUT2D eigenvalue weighted by Crippen LogP contribution is 2.22. The van der Waals surface area contributed by atoms with Crippen LogP contribution in [0.25, 0.3) is 10.9 Å². The summed E-state index contributed by atoms with van der Waals surface area (Å²) in [4.78, 5) is 8.56. The monoisotopic (exact) mass is 292 g/mol. The molecular weight excluding hydrogens is 271 g/mol. The zero-order chi connectivity index (χ0) is 14.5. The molecule has 0 bridgehead atoms. The molecule has 0 aliphatic carbocycles. The highest BCUT2D eigenvalue weighted by atomic mass is 31.0. The third-order valence-corrected chi connectivity index (χ3v) is 3.55. The van der Waals surface area contributed by atoms with Gasteiger partial charge < -0.3 is 16.2 Å². The minimum absolute atomic E-state index is 0.158. The number of aliphatic hydroxyl groups excluding tert-OH is 1. The molecular formula is C14H21N4OP. The Morgan fingerprint density at radius 1 is 1.35 bits per heavy atom. The molecule has 0 fully saturated rings. The molecule has 108 valence electrons. The Balaban J connectivity index is 2.38. The molecule has 0 amide bonds. The Hall–Kier alpha value is -1.45. The zero-order valence-electron chi connectivity index (χ0n) is 11.6. The number of aromatic nitrogens is 2. The van der Waals surface area contributed by atoms with E-state index in [4.69, 9.17) is 10.8 Å². The van der Waals surface area contributed by atoms with E-state index in [0.717, 1.165) is 34.9 Å². The van der Waals surface area contributed by atoms with Gasteiger partial charge in [0.05, 0.1) is 5.52 Å². The largest absolute Gasteiger partial charge is 0.396 e. The van der Waals surface area contributed by atoms with Crippen molar-refractivity contribution < 1.29 is 5.11 Å². The van der Waals surface area contributed by atoms with Crippen LogP contribution >= 0.6 is 9.24 Å². The highest BCUT2D eigenvalue weighted by Gasteiger charge is 2.12. The van der Waals surface area contributed by atoms with Crippen molar-refractivity contribution in [3.05, 3.63) is 18.2 Å². The third kappa shape index (κ3) is 3.56. The maximum Gasteiger partial charge on any atom is 0.222 e. The lowest BCUT2D eigenvalue weighted by molar-refractivity contribution is 0.276. The fourth-order valence-electron chi connectivity index (χ4n) is 2.26. The number of nitrogen functional groups attached to an aromatic ring is 1. The number of anilines is 2. The molecule has 2 aromatic rings. The summed E-state index contributed by atoms with van der Waals surface area (Å²) in [7, 11) is 2.67. The van der Waals surface area contributed by atoms with E-state index in [1.807, 2.05) is 18.2 Å². The standard InChI is InChI=1S/C14H21N4OP/c1-2-3-9(6-7-19)16-13-11-8-10(20)4-5-12(11)17-14(15)18-13/h4-5,8-9,19H,2-3,6-7,20H2,1H3,(H3,15,16,17,18). The fourth-order valence-corrected chi connectivity index (χ4v) is 2.52. The first-order valence-corrected chi connectivity index (χ1v) is 7.42. The van der Waals surface area contributed by atoms with Crippen LogP contribution in [0.15, 0.2) is 18.2 Å². The van der Waals surface area contributed by atoms with E-state index >= 15 is 0 Å². The quantitative estimate of drug-likeness (QED) is 0.705. The molecule has 20 heavy (non-hydrogen) atoms. The van der Waals surface area contributed by atoms with Gasteiger partial charge in [-0.05, 0) is 30.3 Å². The van der Waals surface area contributed by atoms with Gasteiger partial charge in [-0.3, -0.25) is 0 Å². The van der Waals surface area contributed by atoms with Gasteiger partial charge in [0.1, 0.15) is 5.82 Å². The number of fused-ring (bicyclic) bond motifs is 1. The van der Waals surface area contributed by atoms with E-state index in [2.05, 4.69) is 31.4 Å². The van der Waals surface area contributed by atoms with Crippen LogP contribution in [0.1, 0.15) is 26.2 Å². The Morgan fingerprint density at radius 2 is 2.15 bits per heavy atom. The summed E-state index contributed by atoms with van der Waals surface area (Å²) in [6.45, 7) is 2.28. The number of nitrogens with one attached hydrogen (secondary N) is 1. The van der Waals surface area contributed by atoms with Gasteiger partial charge in [0.15, 0.2) is 0 Å². The molecule has 4 N–H and O–H groups in total. The van der Waals surface area contributed by atoms with E-state index in [0.29, 0.717) is 6.42 Å². The van der Waals surface area contributed by atoms with Crippen molar-refractivity contribution in [2.24, 2.45) is 0 Å². The maximum atomic E-state index is 9.15. The first-order chi connectivity index (χ1) is 9.63. The van der Waals surface area contributed by atoms with Crippen molar-refractivity contribution in [2.45, 2.75) is 32.2 Å². The molecule has 6 heteroatoms. The molecule has 0 aliphatic rings. The van der Waals surface area contributed by atoms with E-state index in [-0.39, 0.29) is 18.6 Å². The molecule has 0 saturated heterocycles. The average molecular weight is 292 g/mol. The number of nitrogens with zero attached hydrogens (tertiary/aromatic N) is 2. The normalized spacial score (nSPS) is 12.6. The number of rotatable bonds is 6. The minimum atomic E-state index is 0.158. The summed E-state index contributed by atoms with van der Waals surface area (Å²) in [5.41, 5.74) is 6.59. The van der Waals surface area contributed by atoms with Gasteiger partial charge in [0.25, 0.3) is 0 Å². The molecule has 1 aromatic carbocycles. The lowest BCUT2D eigenvalue weighted by Crippen LogP contribution is -2.22. The number of hydrogen-bond acceptors (Lipinski definition) is 5. The number of benzene rings is 1. The van der Waals surface area contributed by atoms with Crippen LogP contribution in [-0.2, 0) is 0 Å². The SMILES string of the molecule is CCCC(CCO)Nc1nc(N)nc2ccc(P)cc12. The van der Waals surface area contributed by atoms with Crippen molar-refractivity contribution in [1.29, 1.82) is 0 Å². The van der Waals surface area contributed by atoms with Crippen molar-refractivity contribution in [3.63, 3.8) is 0 Å². The topological polar surface area (TPSA) is 84.1 Å². The Bertz CT molecular complexity index is 585. The van der Waals surface area contributed by atoms with E-state index < -0.39 is 0 Å². The predicted octanol–water partition coefficient (Wildman–Crippen LogP) is 1.68. The Kier molecular flexibility index (Phi) is 5.10. The van der Waals surface area contributed by atoms with Crippen molar-refractivity contribution in [3.8, 4) is 0 Å². The van der Waals surface area contributed by atoms with Gasteiger partial charge in [-0.1, -0.05) is 19.4 Å². The molecule has 2 rings (SSSR count). The molecule has 2 atom stereocenters. The molecule has 5 nitrogen and oxygen atoms in total. The van der Waals surface area contributed by atoms with Crippen LogP contribution in [-0.4, -0.2) is 27.7 Å². The van der Waals surface area contributed by atoms with Gasteiger partial charge in [0.2, 0.25) is 5.95 Å². The Morgan fingerprint density at radius 3 is 2.85 bits per heavy atom. The lowest BCUT2D eigenvalue weighted by atomic mass is 10.1. The number of hydrogen-bond donors (Lipinski definition) is 3. The average Bonchev–Trinajstić information content (AvgIpc) is 2.40. The summed E-state index contributed by atoms with van der Waals surface area (Å²) >= 11 is 0. The van der Waals surface area contributed by atoms with Gasteiger partial charge >= 0.3 is 0 Å². The van der Waals surface area contributed by atoms with Crippen LogP contribution in [0, 0.1) is 0 Å². The molecule has 1 heterocycles. The van der Waals surface area contributed by atoms with Gasteiger partial charge in [-0.2, -0.15) is 4.98 Å². The summed E-state index contributed by atoms with van der Waals surface area (Å²) < 4.78 is 0. The second-order valence-corrected chi connectivity index (χ2v) is 5.52. The van der Waals surface area contributed by atoms with Crippen molar-refractivity contribution in [2.75, 3.05) is 17.7 Å². The van der Waals surface area contributed by atoms with Crippen LogP contribution in [0.4, 0.5) is 11.8 Å². The molecule has 0 saturated carbocycles. The first-order valence-electron chi connectivity index (χ1n) is 6.84. The number of nitrogens with two attached hydrogens (primary N) is 1. The first kappa shape index (κ1) is 14.9. The smallest absolute Gasteiger partial charge is 0.222 e. The highest BCUT2D eigenvalue weighted by molar-refractivity contribution is 7.27. The summed E-state index contributed by atoms with van der Waals surface area (Å²) in [6, 6.07) is 6.11. The van der Waals surface area contributed by atoms with Crippen LogP contribution in [0.3, 0.4) is 0 Å².